The second-order valence-corrected chi connectivity index (χ2v) is 23.0. The molecule has 1 atom stereocenters. The van der Waals surface area contributed by atoms with Crippen LogP contribution >= 0.6 is 0 Å². The van der Waals surface area contributed by atoms with Crippen LogP contribution < -0.4 is 0 Å². The molecule has 0 saturated heterocycles. The first-order chi connectivity index (χ1) is 41.0. The van der Waals surface area contributed by atoms with E-state index in [-0.39, 0.29) is 31.1 Å². The molecule has 6 heteroatoms. The molecule has 0 aromatic heterocycles. The molecule has 0 bridgehead atoms. The molecule has 0 aromatic rings. The monoisotopic (exact) mass is 1150 g/mol. The summed E-state index contributed by atoms with van der Waals surface area (Å²) in [5, 5.41) is 0. The van der Waals surface area contributed by atoms with E-state index in [0.29, 0.717) is 19.3 Å². The summed E-state index contributed by atoms with van der Waals surface area (Å²) in [5.74, 6) is -0.913. The Bertz CT molecular complexity index is 1700. The van der Waals surface area contributed by atoms with Crippen LogP contribution in [0.5, 0.6) is 0 Å². The first kappa shape index (κ1) is 78.8. The van der Waals surface area contributed by atoms with Gasteiger partial charge in [-0.3, -0.25) is 14.4 Å². The van der Waals surface area contributed by atoms with E-state index in [0.717, 1.165) is 161 Å². The van der Waals surface area contributed by atoms with E-state index in [1.807, 2.05) is 0 Å². The van der Waals surface area contributed by atoms with Gasteiger partial charge in [-0.2, -0.15) is 0 Å². The van der Waals surface area contributed by atoms with Crippen LogP contribution in [0.25, 0.3) is 0 Å². The van der Waals surface area contributed by atoms with Gasteiger partial charge in [0.05, 0.1) is 0 Å². The molecule has 6 nitrogen and oxygen atoms in total. The fourth-order valence-electron chi connectivity index (χ4n) is 9.82. The van der Waals surface area contributed by atoms with Crippen molar-refractivity contribution in [3.05, 3.63) is 122 Å². The molecule has 1 unspecified atom stereocenters. The van der Waals surface area contributed by atoms with E-state index in [2.05, 4.69) is 142 Å². The SMILES string of the molecule is CC/C=C\C/C=C\C/C=C\C/C=C\CCCCCCCCCCCCCCCCCCCCCCCCC(=O)OCC(COC(=O)CCCCCCC/C=C\C/C=C\C/C=C\CC)OC(=O)CCCCCCC/C=C\C/C=C\C/C=C\CC. The Kier molecular flexibility index (Phi) is 66.7. The Balaban J connectivity index is 4.14. The predicted molar refractivity (Wildman–Crippen MR) is 362 cm³/mol. The summed E-state index contributed by atoms with van der Waals surface area (Å²) in [6, 6.07) is 0. The molecule has 0 saturated carbocycles. The van der Waals surface area contributed by atoms with Crippen LogP contribution in [0, 0.1) is 0 Å². The van der Waals surface area contributed by atoms with Crippen molar-refractivity contribution in [2.75, 3.05) is 13.2 Å². The number of hydrogen-bond acceptors (Lipinski definition) is 6. The van der Waals surface area contributed by atoms with Crippen molar-refractivity contribution in [2.45, 2.75) is 335 Å². The maximum absolute atomic E-state index is 12.9. The third-order valence-corrected chi connectivity index (χ3v) is 14.9. The number of rotatable bonds is 63. The summed E-state index contributed by atoms with van der Waals surface area (Å²) in [4.78, 5) is 38.4. The van der Waals surface area contributed by atoms with Crippen molar-refractivity contribution < 1.29 is 28.6 Å². The molecule has 0 aliphatic carbocycles. The summed E-state index contributed by atoms with van der Waals surface area (Å²) in [7, 11) is 0. The number of allylic oxidation sites excluding steroid dienone is 20. The summed E-state index contributed by atoms with van der Waals surface area (Å²) in [6.07, 6.45) is 98.2. The largest absolute Gasteiger partial charge is 0.462 e. The van der Waals surface area contributed by atoms with Gasteiger partial charge in [0.15, 0.2) is 6.10 Å². The zero-order valence-corrected chi connectivity index (χ0v) is 54.4. The highest BCUT2D eigenvalue weighted by atomic mass is 16.6. The molecule has 0 spiro atoms. The summed E-state index contributed by atoms with van der Waals surface area (Å²) in [5.41, 5.74) is 0. The van der Waals surface area contributed by atoms with Crippen LogP contribution in [-0.4, -0.2) is 37.2 Å². The average molecular weight is 1150 g/mol. The lowest BCUT2D eigenvalue weighted by Gasteiger charge is -2.18. The standard InChI is InChI=1S/C77H130O6/c1-4-7-10-13-16-19-22-25-28-29-30-31-32-33-34-35-36-37-38-39-40-41-42-43-44-45-46-47-50-52-55-58-61-64-67-70-76(79)82-73-74(83-77(80)71-68-65-62-59-56-53-49-27-24-21-18-15-12-9-6-3)72-81-75(78)69-66-63-60-57-54-51-48-26-23-20-17-14-11-8-5-2/h7-12,16-21,25-28,30-31,48-49,74H,4-6,13-15,22-24,29,32-47,50-73H2,1-3H3/b10-7-,11-8-,12-9-,19-16-,20-17-,21-18-,28-25-,31-30-,48-26-,49-27-. The molecule has 0 rings (SSSR count). The fraction of sp³-hybridized carbons (Fsp3) is 0.701. The van der Waals surface area contributed by atoms with Gasteiger partial charge >= 0.3 is 17.9 Å². The van der Waals surface area contributed by atoms with Crippen molar-refractivity contribution in [1.82, 2.24) is 0 Å². The number of carbonyl (C=O) groups is 3. The minimum Gasteiger partial charge on any atom is -0.462 e. The summed E-state index contributed by atoms with van der Waals surface area (Å²) in [6.45, 7) is 6.30. The third-order valence-electron chi connectivity index (χ3n) is 14.9. The van der Waals surface area contributed by atoms with Gasteiger partial charge in [0.2, 0.25) is 0 Å². The van der Waals surface area contributed by atoms with Crippen molar-refractivity contribution in [3.63, 3.8) is 0 Å². The number of unbranched alkanes of at least 4 members (excludes halogenated alkanes) is 32. The van der Waals surface area contributed by atoms with Crippen LogP contribution in [0.15, 0.2) is 122 Å². The fourth-order valence-corrected chi connectivity index (χ4v) is 9.82. The number of esters is 3. The van der Waals surface area contributed by atoms with Gasteiger partial charge in [-0.1, -0.05) is 309 Å². The molecule has 0 aliphatic rings. The lowest BCUT2D eigenvalue weighted by Crippen LogP contribution is -2.30. The van der Waals surface area contributed by atoms with Gasteiger partial charge < -0.3 is 14.2 Å². The number of hydrogen-bond donors (Lipinski definition) is 0. The van der Waals surface area contributed by atoms with Gasteiger partial charge in [-0.05, 0) is 122 Å². The first-order valence-electron chi connectivity index (χ1n) is 35.0. The molecule has 0 heterocycles. The van der Waals surface area contributed by atoms with Crippen molar-refractivity contribution in [1.29, 1.82) is 0 Å². The third kappa shape index (κ3) is 68.5. The number of ether oxygens (including phenoxy) is 3. The quantitative estimate of drug-likeness (QED) is 0.0261. The Labute approximate surface area is 513 Å². The zero-order chi connectivity index (χ0) is 59.9. The zero-order valence-electron chi connectivity index (χ0n) is 54.4. The van der Waals surface area contributed by atoms with Crippen LogP contribution in [0.2, 0.25) is 0 Å². The Morgan fingerprint density at radius 1 is 0.241 bits per heavy atom. The van der Waals surface area contributed by atoms with Crippen molar-refractivity contribution in [3.8, 4) is 0 Å². The van der Waals surface area contributed by atoms with Crippen molar-refractivity contribution >= 4 is 17.9 Å². The van der Waals surface area contributed by atoms with Gasteiger partial charge in [-0.15, -0.1) is 0 Å². The van der Waals surface area contributed by atoms with Crippen LogP contribution in [0.4, 0.5) is 0 Å². The first-order valence-corrected chi connectivity index (χ1v) is 35.0. The molecule has 0 aliphatic heterocycles. The van der Waals surface area contributed by atoms with E-state index in [4.69, 9.17) is 14.2 Å². The number of carbonyl (C=O) groups excluding carboxylic acids is 3. The van der Waals surface area contributed by atoms with Crippen LogP contribution in [0.3, 0.4) is 0 Å². The molecule has 0 N–H and O–H groups in total. The molecule has 83 heavy (non-hydrogen) atoms. The van der Waals surface area contributed by atoms with Crippen LogP contribution in [0.1, 0.15) is 329 Å². The average Bonchev–Trinajstić information content (AvgIpc) is 3.49. The van der Waals surface area contributed by atoms with Crippen molar-refractivity contribution in [2.24, 2.45) is 0 Å². The lowest BCUT2D eigenvalue weighted by atomic mass is 10.0. The minimum absolute atomic E-state index is 0.0893. The second kappa shape index (κ2) is 70.3. The molecular formula is C77H130O6. The highest BCUT2D eigenvalue weighted by Crippen LogP contribution is 2.17. The normalized spacial score (nSPS) is 12.9. The van der Waals surface area contributed by atoms with E-state index >= 15 is 0 Å². The van der Waals surface area contributed by atoms with E-state index in [1.165, 1.54) is 128 Å². The van der Waals surface area contributed by atoms with Gasteiger partial charge in [-0.25, -0.2) is 0 Å². The Hall–Kier alpha value is -4.19. The van der Waals surface area contributed by atoms with Crippen LogP contribution in [-0.2, 0) is 28.6 Å². The summed E-state index contributed by atoms with van der Waals surface area (Å²) >= 11 is 0. The van der Waals surface area contributed by atoms with E-state index < -0.39 is 6.10 Å². The van der Waals surface area contributed by atoms with Gasteiger partial charge in [0.1, 0.15) is 13.2 Å². The Morgan fingerprint density at radius 3 is 0.675 bits per heavy atom. The minimum atomic E-state index is -0.796. The second-order valence-electron chi connectivity index (χ2n) is 23.0. The predicted octanol–water partition coefficient (Wildman–Crippen LogP) is 24.3. The lowest BCUT2D eigenvalue weighted by molar-refractivity contribution is -0.167. The molecule has 474 valence electrons. The molecule has 0 fully saturated rings. The smallest absolute Gasteiger partial charge is 0.306 e. The maximum Gasteiger partial charge on any atom is 0.306 e. The Morgan fingerprint density at radius 2 is 0.434 bits per heavy atom. The van der Waals surface area contributed by atoms with Gasteiger partial charge in [0.25, 0.3) is 0 Å². The van der Waals surface area contributed by atoms with E-state index in [1.54, 1.807) is 0 Å². The highest BCUT2D eigenvalue weighted by molar-refractivity contribution is 5.71. The molecule has 0 radical (unpaired) electrons. The molecule has 0 amide bonds. The maximum atomic E-state index is 12.9. The molecular weight excluding hydrogens is 1020 g/mol. The summed E-state index contributed by atoms with van der Waals surface area (Å²) < 4.78 is 16.9. The topological polar surface area (TPSA) is 78.9 Å². The van der Waals surface area contributed by atoms with E-state index in [9.17, 15) is 14.4 Å². The highest BCUT2D eigenvalue weighted by Gasteiger charge is 2.19. The molecule has 0 aromatic carbocycles. The van der Waals surface area contributed by atoms with Gasteiger partial charge in [0, 0.05) is 19.3 Å².